The number of hydrogen-bond acceptors (Lipinski definition) is 4. The van der Waals surface area contributed by atoms with E-state index in [1.165, 1.54) is 0 Å². The zero-order chi connectivity index (χ0) is 13.9. The third kappa shape index (κ3) is 3.19. The first-order valence-corrected chi connectivity index (χ1v) is 7.58. The number of nitrogens with one attached hydrogen (secondary N) is 1. The lowest BCUT2D eigenvalue weighted by atomic mass is 10.4. The van der Waals surface area contributed by atoms with Crippen LogP contribution in [0.4, 0.5) is 4.79 Å². The topological polar surface area (TPSA) is 58.4 Å². The molecule has 2 aromatic rings. The third-order valence-electron chi connectivity index (χ3n) is 3.21. The number of aryl methyl sites for hydroxylation is 1. The van der Waals surface area contributed by atoms with Crippen LogP contribution in [0.15, 0.2) is 28.2 Å². The van der Waals surface area contributed by atoms with Crippen molar-refractivity contribution >= 4 is 17.4 Å². The van der Waals surface area contributed by atoms with Gasteiger partial charge in [-0.2, -0.15) is 0 Å². The summed E-state index contributed by atoms with van der Waals surface area (Å²) < 4.78 is 5.33. The average molecular weight is 291 g/mol. The van der Waals surface area contributed by atoms with Crippen molar-refractivity contribution in [2.24, 2.45) is 0 Å². The molecule has 1 fully saturated rings. The largest absolute Gasteiger partial charge is 0.467 e. The molecule has 0 spiro atoms. The molecule has 0 aromatic carbocycles. The zero-order valence-corrected chi connectivity index (χ0v) is 12.2. The Hall–Kier alpha value is -1.82. The maximum absolute atomic E-state index is 12.3. The summed E-state index contributed by atoms with van der Waals surface area (Å²) in [6.45, 7) is 2.97. The highest BCUT2D eigenvalue weighted by atomic mass is 32.1. The van der Waals surface area contributed by atoms with Crippen LogP contribution in [0.3, 0.4) is 0 Å². The fraction of sp³-hybridized carbons (Fsp3) is 0.429. The minimum Gasteiger partial charge on any atom is -0.467 e. The van der Waals surface area contributed by atoms with Gasteiger partial charge in [0.05, 0.1) is 19.4 Å². The highest BCUT2D eigenvalue weighted by Crippen LogP contribution is 2.28. The number of aromatic nitrogens is 1. The van der Waals surface area contributed by atoms with Crippen molar-refractivity contribution in [3.8, 4) is 0 Å². The molecule has 6 heteroatoms. The van der Waals surface area contributed by atoms with Crippen molar-refractivity contribution < 1.29 is 9.21 Å². The van der Waals surface area contributed by atoms with Gasteiger partial charge in [0, 0.05) is 17.1 Å². The molecule has 0 unspecified atom stereocenters. The molecule has 2 aromatic heterocycles. The molecule has 0 saturated heterocycles. The van der Waals surface area contributed by atoms with Crippen molar-refractivity contribution in [3.63, 3.8) is 0 Å². The van der Waals surface area contributed by atoms with Gasteiger partial charge in [0.15, 0.2) is 0 Å². The van der Waals surface area contributed by atoms with E-state index in [0.29, 0.717) is 19.1 Å². The van der Waals surface area contributed by atoms with E-state index in [1.807, 2.05) is 29.3 Å². The average Bonchev–Trinajstić information content (AvgIpc) is 2.97. The summed E-state index contributed by atoms with van der Waals surface area (Å²) in [6.07, 6.45) is 3.78. The molecular weight excluding hydrogens is 274 g/mol. The molecule has 2 heterocycles. The van der Waals surface area contributed by atoms with Crippen LogP contribution in [0.25, 0.3) is 0 Å². The summed E-state index contributed by atoms with van der Waals surface area (Å²) in [5, 5.41) is 5.86. The SMILES string of the molecule is Cc1csc(CNC(=O)N(Cc2ccco2)C2CC2)n1. The van der Waals surface area contributed by atoms with Crippen molar-refractivity contribution in [1.29, 1.82) is 0 Å². The Balaban J connectivity index is 1.58. The molecule has 2 amide bonds. The summed E-state index contributed by atoms with van der Waals surface area (Å²) >= 11 is 1.57. The monoisotopic (exact) mass is 291 g/mol. The first kappa shape index (κ1) is 13.2. The first-order valence-electron chi connectivity index (χ1n) is 6.70. The zero-order valence-electron chi connectivity index (χ0n) is 11.3. The van der Waals surface area contributed by atoms with E-state index in [4.69, 9.17) is 4.42 Å². The predicted octanol–water partition coefficient (Wildman–Crippen LogP) is 2.92. The fourth-order valence-corrected chi connectivity index (χ4v) is 2.77. The third-order valence-corrected chi connectivity index (χ3v) is 4.18. The Morgan fingerprint density at radius 1 is 1.60 bits per heavy atom. The molecule has 1 saturated carbocycles. The van der Waals surface area contributed by atoms with Gasteiger partial charge in [-0.15, -0.1) is 11.3 Å². The lowest BCUT2D eigenvalue weighted by Crippen LogP contribution is -2.40. The predicted molar refractivity (Wildman–Crippen MR) is 76.4 cm³/mol. The maximum atomic E-state index is 12.3. The lowest BCUT2D eigenvalue weighted by molar-refractivity contribution is 0.186. The Bertz CT molecular complexity index is 575. The minimum atomic E-state index is -0.0447. The Kier molecular flexibility index (Phi) is 3.73. The summed E-state index contributed by atoms with van der Waals surface area (Å²) in [5.41, 5.74) is 0.994. The number of thiazole rings is 1. The van der Waals surface area contributed by atoms with Gasteiger partial charge < -0.3 is 14.6 Å². The number of carbonyl (C=O) groups is 1. The van der Waals surface area contributed by atoms with Crippen LogP contribution in [0.1, 0.15) is 29.3 Å². The molecule has 0 atom stereocenters. The van der Waals surface area contributed by atoms with Gasteiger partial charge in [0.2, 0.25) is 0 Å². The standard InChI is InChI=1S/C14H17N3O2S/c1-10-9-20-13(16-10)7-15-14(18)17(11-4-5-11)8-12-3-2-6-19-12/h2-3,6,9,11H,4-5,7-8H2,1H3,(H,15,18). The number of furan rings is 1. The molecule has 106 valence electrons. The molecule has 1 aliphatic rings. The van der Waals surface area contributed by atoms with Crippen LogP contribution in [-0.2, 0) is 13.1 Å². The van der Waals surface area contributed by atoms with Crippen LogP contribution in [0.5, 0.6) is 0 Å². The van der Waals surface area contributed by atoms with Crippen molar-refractivity contribution in [1.82, 2.24) is 15.2 Å². The van der Waals surface area contributed by atoms with Gasteiger partial charge in [0.25, 0.3) is 0 Å². The normalized spacial score (nSPS) is 14.2. The molecule has 0 bridgehead atoms. The highest BCUT2D eigenvalue weighted by Gasteiger charge is 2.33. The number of carbonyl (C=O) groups excluding carboxylic acids is 1. The van der Waals surface area contributed by atoms with Gasteiger partial charge in [0.1, 0.15) is 10.8 Å². The molecular formula is C14H17N3O2S. The van der Waals surface area contributed by atoms with Gasteiger partial charge in [-0.1, -0.05) is 0 Å². The fourth-order valence-electron chi connectivity index (χ4n) is 2.06. The van der Waals surface area contributed by atoms with Gasteiger partial charge in [-0.05, 0) is 31.9 Å². The quantitative estimate of drug-likeness (QED) is 0.921. The Morgan fingerprint density at radius 2 is 2.45 bits per heavy atom. The highest BCUT2D eigenvalue weighted by molar-refractivity contribution is 7.09. The van der Waals surface area contributed by atoms with E-state index in [-0.39, 0.29) is 6.03 Å². The Morgan fingerprint density at radius 3 is 3.05 bits per heavy atom. The number of urea groups is 1. The molecule has 0 aliphatic heterocycles. The second-order valence-corrected chi connectivity index (χ2v) is 5.92. The number of amides is 2. The van der Waals surface area contributed by atoms with Crippen molar-refractivity contribution in [3.05, 3.63) is 40.2 Å². The van der Waals surface area contributed by atoms with Crippen LogP contribution < -0.4 is 5.32 Å². The van der Waals surface area contributed by atoms with E-state index >= 15 is 0 Å². The van der Waals surface area contributed by atoms with Gasteiger partial charge in [-0.3, -0.25) is 0 Å². The molecule has 5 nitrogen and oxygen atoms in total. The Labute approximate surface area is 121 Å². The first-order chi connectivity index (χ1) is 9.72. The van der Waals surface area contributed by atoms with Crippen molar-refractivity contribution in [2.45, 2.75) is 38.9 Å². The molecule has 0 radical (unpaired) electrons. The van der Waals surface area contributed by atoms with E-state index in [1.54, 1.807) is 17.6 Å². The van der Waals surface area contributed by atoms with Crippen LogP contribution in [0.2, 0.25) is 0 Å². The molecule has 1 aliphatic carbocycles. The van der Waals surface area contributed by atoms with Gasteiger partial charge in [-0.25, -0.2) is 9.78 Å². The molecule has 1 N–H and O–H groups in total. The summed E-state index contributed by atoms with van der Waals surface area (Å²) in [7, 11) is 0. The molecule has 3 rings (SSSR count). The summed E-state index contributed by atoms with van der Waals surface area (Å²) in [4.78, 5) is 18.5. The lowest BCUT2D eigenvalue weighted by Gasteiger charge is -2.21. The van der Waals surface area contributed by atoms with E-state index in [2.05, 4.69) is 10.3 Å². The van der Waals surface area contributed by atoms with Crippen LogP contribution in [0, 0.1) is 6.92 Å². The van der Waals surface area contributed by atoms with Crippen LogP contribution in [-0.4, -0.2) is 22.0 Å². The van der Waals surface area contributed by atoms with Crippen molar-refractivity contribution in [2.75, 3.05) is 0 Å². The van der Waals surface area contributed by atoms with E-state index in [9.17, 15) is 4.79 Å². The minimum absolute atomic E-state index is 0.0447. The second kappa shape index (κ2) is 5.66. The number of nitrogens with zero attached hydrogens (tertiary/aromatic N) is 2. The summed E-state index contributed by atoms with van der Waals surface area (Å²) in [5.74, 6) is 0.817. The van der Waals surface area contributed by atoms with E-state index in [0.717, 1.165) is 29.3 Å². The molecule has 20 heavy (non-hydrogen) atoms. The van der Waals surface area contributed by atoms with Crippen LogP contribution >= 0.6 is 11.3 Å². The van der Waals surface area contributed by atoms with E-state index < -0.39 is 0 Å². The maximum Gasteiger partial charge on any atom is 0.318 e. The smallest absolute Gasteiger partial charge is 0.318 e. The number of hydrogen-bond donors (Lipinski definition) is 1. The van der Waals surface area contributed by atoms with Gasteiger partial charge >= 0.3 is 6.03 Å². The second-order valence-electron chi connectivity index (χ2n) is 4.98. The summed E-state index contributed by atoms with van der Waals surface area (Å²) in [6, 6.07) is 4.04. The number of rotatable bonds is 5.